The highest BCUT2D eigenvalue weighted by Gasteiger charge is 2.22. The molecule has 184 valence electrons. The van der Waals surface area contributed by atoms with Crippen LogP contribution in [0.1, 0.15) is 51.0 Å². The quantitative estimate of drug-likeness (QED) is 0.216. The minimum Gasteiger partial charge on any atom is -0.491 e. The number of hydrogen-bond donors (Lipinski definition) is 0. The van der Waals surface area contributed by atoms with Gasteiger partial charge in [0.05, 0.1) is 46.2 Å². The Bertz CT molecular complexity index is 685. The van der Waals surface area contributed by atoms with Crippen LogP contribution in [0.3, 0.4) is 0 Å². The lowest BCUT2D eigenvalue weighted by Crippen LogP contribution is -2.33. The second kappa shape index (κ2) is 17.3. The van der Waals surface area contributed by atoms with E-state index in [2.05, 4.69) is 19.1 Å². The van der Waals surface area contributed by atoms with Gasteiger partial charge in [-0.05, 0) is 30.5 Å². The molecule has 0 fully saturated rings. The lowest BCUT2D eigenvalue weighted by atomic mass is 10.0. The molecule has 0 N–H and O–H groups in total. The first-order valence-corrected chi connectivity index (χ1v) is 12.2. The SMILES string of the molecule is CCCCCCCCc1ccc(OCCOCCOCCOCCN2C(=O)C=CC2=O)cc1. The van der Waals surface area contributed by atoms with Crippen LogP contribution >= 0.6 is 0 Å². The van der Waals surface area contributed by atoms with Gasteiger partial charge in [0.25, 0.3) is 11.8 Å². The van der Waals surface area contributed by atoms with E-state index in [1.54, 1.807) is 0 Å². The zero-order valence-corrected chi connectivity index (χ0v) is 20.0. The second-order valence-electron chi connectivity index (χ2n) is 8.01. The molecule has 1 aliphatic heterocycles. The predicted octanol–water partition coefficient (Wildman–Crippen LogP) is 3.94. The summed E-state index contributed by atoms with van der Waals surface area (Å²) in [6, 6.07) is 8.36. The number of carbonyl (C=O) groups excluding carboxylic acids is 2. The van der Waals surface area contributed by atoms with Gasteiger partial charge in [-0.3, -0.25) is 14.5 Å². The molecule has 0 unspecified atom stereocenters. The van der Waals surface area contributed by atoms with E-state index in [4.69, 9.17) is 18.9 Å². The van der Waals surface area contributed by atoms with Crippen LogP contribution in [0.4, 0.5) is 0 Å². The van der Waals surface area contributed by atoms with Crippen molar-refractivity contribution in [1.82, 2.24) is 4.90 Å². The van der Waals surface area contributed by atoms with E-state index < -0.39 is 0 Å². The van der Waals surface area contributed by atoms with Crippen molar-refractivity contribution < 1.29 is 28.5 Å². The second-order valence-corrected chi connectivity index (χ2v) is 8.01. The van der Waals surface area contributed by atoms with Crippen LogP contribution in [-0.2, 0) is 30.2 Å². The molecule has 2 amide bonds. The maximum atomic E-state index is 11.4. The number of rotatable bonds is 20. The fraction of sp³-hybridized carbons (Fsp3) is 0.615. The van der Waals surface area contributed by atoms with Gasteiger partial charge in [0, 0.05) is 12.2 Å². The molecular weight excluding hydrogens is 422 g/mol. The number of aryl methyl sites for hydroxylation is 1. The number of benzene rings is 1. The number of carbonyl (C=O) groups is 2. The smallest absolute Gasteiger partial charge is 0.253 e. The third-order valence-corrected chi connectivity index (χ3v) is 5.34. The molecule has 1 heterocycles. The van der Waals surface area contributed by atoms with Crippen LogP contribution in [0.5, 0.6) is 5.75 Å². The van der Waals surface area contributed by atoms with Gasteiger partial charge in [-0.15, -0.1) is 0 Å². The summed E-state index contributed by atoms with van der Waals surface area (Å²) in [7, 11) is 0. The zero-order valence-electron chi connectivity index (χ0n) is 20.0. The Morgan fingerprint density at radius 1 is 0.667 bits per heavy atom. The summed E-state index contributed by atoms with van der Waals surface area (Å²) in [5, 5.41) is 0. The minimum atomic E-state index is -0.290. The average Bonchev–Trinajstić information content (AvgIpc) is 3.15. The normalized spacial score (nSPS) is 13.3. The maximum absolute atomic E-state index is 11.4. The molecule has 0 radical (unpaired) electrons. The summed E-state index contributed by atoms with van der Waals surface area (Å²) >= 11 is 0. The average molecular weight is 462 g/mol. The van der Waals surface area contributed by atoms with Crippen molar-refractivity contribution in [2.45, 2.75) is 51.9 Å². The first kappa shape index (κ1) is 27.0. The fourth-order valence-electron chi connectivity index (χ4n) is 3.43. The summed E-state index contributed by atoms with van der Waals surface area (Å²) in [4.78, 5) is 23.9. The van der Waals surface area contributed by atoms with Crippen LogP contribution in [0.15, 0.2) is 36.4 Å². The Kier molecular flexibility index (Phi) is 14.2. The summed E-state index contributed by atoms with van der Waals surface area (Å²) < 4.78 is 22.0. The lowest BCUT2D eigenvalue weighted by Gasteiger charge is -2.13. The van der Waals surface area contributed by atoms with E-state index in [9.17, 15) is 9.59 Å². The highest BCUT2D eigenvalue weighted by Crippen LogP contribution is 2.15. The molecule has 33 heavy (non-hydrogen) atoms. The predicted molar refractivity (Wildman–Crippen MR) is 127 cm³/mol. The lowest BCUT2D eigenvalue weighted by molar-refractivity contribution is -0.137. The zero-order chi connectivity index (χ0) is 23.6. The standard InChI is InChI=1S/C26H39NO6/c1-2-3-4-5-6-7-8-23-9-11-24(12-10-23)33-22-21-32-20-19-31-18-17-30-16-15-27-25(28)13-14-26(27)29/h9-14H,2-8,15-22H2,1H3. The molecule has 1 aromatic carbocycles. The maximum Gasteiger partial charge on any atom is 0.253 e. The van der Waals surface area contributed by atoms with Crippen molar-refractivity contribution >= 4 is 11.8 Å². The van der Waals surface area contributed by atoms with E-state index in [1.165, 1.54) is 56.2 Å². The number of unbranched alkanes of at least 4 members (excludes halogenated alkanes) is 5. The molecule has 0 aromatic heterocycles. The van der Waals surface area contributed by atoms with Crippen molar-refractivity contribution in [1.29, 1.82) is 0 Å². The number of amides is 2. The Morgan fingerprint density at radius 2 is 1.21 bits per heavy atom. The highest BCUT2D eigenvalue weighted by molar-refractivity contribution is 6.12. The van der Waals surface area contributed by atoms with E-state index in [1.807, 2.05) is 12.1 Å². The number of imide groups is 1. The van der Waals surface area contributed by atoms with Gasteiger partial charge < -0.3 is 18.9 Å². The van der Waals surface area contributed by atoms with E-state index >= 15 is 0 Å². The summed E-state index contributed by atoms with van der Waals surface area (Å²) in [5.41, 5.74) is 1.37. The van der Waals surface area contributed by atoms with Gasteiger partial charge in [-0.1, -0.05) is 51.2 Å². The highest BCUT2D eigenvalue weighted by atomic mass is 16.6. The monoisotopic (exact) mass is 461 g/mol. The van der Waals surface area contributed by atoms with Crippen LogP contribution < -0.4 is 4.74 Å². The van der Waals surface area contributed by atoms with Crippen molar-refractivity contribution in [3.05, 3.63) is 42.0 Å². The Hall–Kier alpha value is -2.22. The van der Waals surface area contributed by atoms with E-state index in [0.717, 1.165) is 17.1 Å². The molecule has 7 heteroatoms. The van der Waals surface area contributed by atoms with Gasteiger partial charge in [0.2, 0.25) is 0 Å². The molecule has 0 saturated carbocycles. The molecule has 0 spiro atoms. The molecule has 0 saturated heterocycles. The first-order valence-electron chi connectivity index (χ1n) is 12.2. The van der Waals surface area contributed by atoms with Crippen LogP contribution in [-0.4, -0.2) is 69.5 Å². The molecule has 0 atom stereocenters. The van der Waals surface area contributed by atoms with Gasteiger partial charge >= 0.3 is 0 Å². The molecule has 2 rings (SSSR count). The van der Waals surface area contributed by atoms with Crippen molar-refractivity contribution in [3.8, 4) is 5.75 Å². The summed E-state index contributed by atoms with van der Waals surface area (Å²) in [6.45, 7) is 5.62. The molecule has 1 aliphatic rings. The van der Waals surface area contributed by atoms with Crippen molar-refractivity contribution in [3.63, 3.8) is 0 Å². The van der Waals surface area contributed by atoms with Gasteiger partial charge in [0.1, 0.15) is 12.4 Å². The number of nitrogens with zero attached hydrogens (tertiary/aromatic N) is 1. The van der Waals surface area contributed by atoms with Crippen LogP contribution in [0.25, 0.3) is 0 Å². The Morgan fingerprint density at radius 3 is 1.85 bits per heavy atom. The molecule has 0 aliphatic carbocycles. The summed E-state index contributed by atoms with van der Waals surface area (Å²) in [5.74, 6) is 0.287. The van der Waals surface area contributed by atoms with E-state index in [0.29, 0.717) is 46.2 Å². The first-order chi connectivity index (χ1) is 16.2. The van der Waals surface area contributed by atoms with E-state index in [-0.39, 0.29) is 18.4 Å². The molecule has 0 bridgehead atoms. The fourth-order valence-corrected chi connectivity index (χ4v) is 3.43. The third kappa shape index (κ3) is 12.0. The molecule has 7 nitrogen and oxygen atoms in total. The van der Waals surface area contributed by atoms with Crippen molar-refractivity contribution in [2.24, 2.45) is 0 Å². The van der Waals surface area contributed by atoms with Gasteiger partial charge in [-0.2, -0.15) is 0 Å². The van der Waals surface area contributed by atoms with Gasteiger partial charge in [0.15, 0.2) is 0 Å². The largest absolute Gasteiger partial charge is 0.491 e. The number of ether oxygens (including phenoxy) is 4. The minimum absolute atomic E-state index is 0.260. The van der Waals surface area contributed by atoms with Gasteiger partial charge in [-0.25, -0.2) is 0 Å². The molecular formula is C26H39NO6. The molecule has 1 aromatic rings. The van der Waals surface area contributed by atoms with Crippen molar-refractivity contribution in [2.75, 3.05) is 52.8 Å². The number of hydrogen-bond acceptors (Lipinski definition) is 6. The van der Waals surface area contributed by atoms with Crippen LogP contribution in [0, 0.1) is 0 Å². The Balaban J connectivity index is 1.36. The summed E-state index contributed by atoms with van der Waals surface area (Å²) in [6.07, 6.45) is 11.6. The topological polar surface area (TPSA) is 74.3 Å². The Labute approximate surface area is 198 Å². The third-order valence-electron chi connectivity index (χ3n) is 5.34. The van der Waals surface area contributed by atoms with Crippen LogP contribution in [0.2, 0.25) is 0 Å².